The third kappa shape index (κ3) is 4.75. The molecule has 0 radical (unpaired) electrons. The zero-order valence-electron chi connectivity index (χ0n) is 12.8. The van der Waals surface area contributed by atoms with Crippen LogP contribution in [-0.4, -0.2) is 29.5 Å². The topological polar surface area (TPSA) is 68.2 Å². The van der Waals surface area contributed by atoms with Gasteiger partial charge in [0.2, 0.25) is 0 Å². The third-order valence-corrected chi connectivity index (χ3v) is 3.19. The Morgan fingerprint density at radius 3 is 2.91 bits per heavy atom. The molecule has 2 aromatic rings. The van der Waals surface area contributed by atoms with Gasteiger partial charge < -0.3 is 15.4 Å². The largest absolute Gasteiger partial charge is 0.383 e. The normalized spacial score (nSPS) is 12.0. The van der Waals surface area contributed by atoms with Crippen LogP contribution >= 0.6 is 0 Å². The Balaban J connectivity index is 1.92. The van der Waals surface area contributed by atoms with E-state index >= 15 is 0 Å². The van der Waals surface area contributed by atoms with Crippen LogP contribution in [0.3, 0.4) is 0 Å². The first kappa shape index (κ1) is 16.9. The van der Waals surface area contributed by atoms with Crippen LogP contribution in [0.25, 0.3) is 0 Å². The molecule has 1 aromatic carbocycles. The monoisotopic (exact) mass is 324 g/mol. The number of halogens is 2. The average molecular weight is 324 g/mol. The van der Waals surface area contributed by atoms with Gasteiger partial charge in [0.25, 0.3) is 0 Å². The van der Waals surface area contributed by atoms with E-state index in [0.29, 0.717) is 18.8 Å². The van der Waals surface area contributed by atoms with Crippen molar-refractivity contribution in [3.63, 3.8) is 0 Å². The van der Waals surface area contributed by atoms with Gasteiger partial charge in [-0.1, -0.05) is 6.07 Å². The first-order valence-corrected chi connectivity index (χ1v) is 7.03. The van der Waals surface area contributed by atoms with Gasteiger partial charge >= 0.3 is 6.03 Å². The maximum atomic E-state index is 13.7. The molecule has 2 amide bonds. The highest BCUT2D eigenvalue weighted by atomic mass is 19.1. The van der Waals surface area contributed by atoms with E-state index in [2.05, 4.69) is 15.7 Å². The molecular formula is C15H18F2N4O2. The van der Waals surface area contributed by atoms with E-state index in [0.717, 1.165) is 12.1 Å². The summed E-state index contributed by atoms with van der Waals surface area (Å²) in [4.78, 5) is 11.9. The number of methoxy groups -OCH3 is 1. The molecule has 1 atom stereocenters. The fourth-order valence-electron chi connectivity index (χ4n) is 2.03. The minimum Gasteiger partial charge on any atom is -0.383 e. The van der Waals surface area contributed by atoms with Crippen LogP contribution in [0, 0.1) is 11.6 Å². The quantitative estimate of drug-likeness (QED) is 0.858. The van der Waals surface area contributed by atoms with Gasteiger partial charge in [0.05, 0.1) is 31.1 Å². The zero-order valence-corrected chi connectivity index (χ0v) is 12.8. The predicted octanol–water partition coefficient (Wildman–Crippen LogP) is 2.69. The maximum absolute atomic E-state index is 13.7. The van der Waals surface area contributed by atoms with Crippen molar-refractivity contribution in [2.75, 3.05) is 19.0 Å². The number of benzene rings is 1. The maximum Gasteiger partial charge on any atom is 0.319 e. The first-order chi connectivity index (χ1) is 11.0. The van der Waals surface area contributed by atoms with Gasteiger partial charge in [-0.25, -0.2) is 13.6 Å². The molecule has 0 unspecified atom stereocenters. The van der Waals surface area contributed by atoms with E-state index in [4.69, 9.17) is 4.74 Å². The number of hydrogen-bond donors (Lipinski definition) is 2. The number of carbonyl (C=O) groups is 1. The first-order valence-electron chi connectivity index (χ1n) is 7.03. The van der Waals surface area contributed by atoms with Crippen molar-refractivity contribution in [1.82, 2.24) is 15.1 Å². The van der Waals surface area contributed by atoms with Crippen molar-refractivity contribution >= 4 is 11.7 Å². The molecule has 124 valence electrons. The second kappa shape index (κ2) is 7.68. The van der Waals surface area contributed by atoms with Crippen molar-refractivity contribution in [1.29, 1.82) is 0 Å². The minimum atomic E-state index is -0.704. The molecule has 23 heavy (non-hydrogen) atoms. The second-order valence-corrected chi connectivity index (χ2v) is 4.97. The number of nitrogens with one attached hydrogen (secondary N) is 2. The number of anilines is 1. The Morgan fingerprint density at radius 2 is 2.22 bits per heavy atom. The van der Waals surface area contributed by atoms with E-state index in [-0.39, 0.29) is 5.56 Å². The van der Waals surface area contributed by atoms with Crippen molar-refractivity contribution in [2.24, 2.45) is 0 Å². The van der Waals surface area contributed by atoms with Crippen LogP contribution < -0.4 is 10.6 Å². The molecule has 6 nitrogen and oxygen atoms in total. The predicted molar refractivity (Wildman–Crippen MR) is 81.0 cm³/mol. The lowest BCUT2D eigenvalue weighted by Gasteiger charge is -2.15. The number of rotatable bonds is 6. The molecule has 0 bridgehead atoms. The van der Waals surface area contributed by atoms with Crippen molar-refractivity contribution in [2.45, 2.75) is 19.5 Å². The van der Waals surface area contributed by atoms with Gasteiger partial charge in [0.15, 0.2) is 0 Å². The van der Waals surface area contributed by atoms with Crippen molar-refractivity contribution in [3.05, 3.63) is 47.8 Å². The van der Waals surface area contributed by atoms with Crippen LogP contribution in [0.5, 0.6) is 0 Å². The Morgan fingerprint density at radius 1 is 1.43 bits per heavy atom. The molecule has 0 aliphatic carbocycles. The van der Waals surface area contributed by atoms with Crippen molar-refractivity contribution in [3.8, 4) is 0 Å². The molecule has 0 fully saturated rings. The highest BCUT2D eigenvalue weighted by molar-refractivity contribution is 5.89. The average Bonchev–Trinajstić information content (AvgIpc) is 2.92. The smallest absolute Gasteiger partial charge is 0.319 e. The van der Waals surface area contributed by atoms with E-state index in [9.17, 15) is 13.6 Å². The van der Waals surface area contributed by atoms with E-state index in [1.165, 1.54) is 12.3 Å². The number of hydrogen-bond acceptors (Lipinski definition) is 3. The molecule has 8 heteroatoms. The summed E-state index contributed by atoms with van der Waals surface area (Å²) in [6.45, 7) is 2.68. The molecule has 1 heterocycles. The van der Waals surface area contributed by atoms with Crippen LogP contribution in [0.2, 0.25) is 0 Å². The molecule has 2 rings (SSSR count). The zero-order chi connectivity index (χ0) is 16.8. The lowest BCUT2D eigenvalue weighted by molar-refractivity contribution is 0.183. The number of nitrogens with zero attached hydrogens (tertiary/aromatic N) is 2. The van der Waals surface area contributed by atoms with Crippen LogP contribution in [0.15, 0.2) is 30.6 Å². The summed E-state index contributed by atoms with van der Waals surface area (Å²) in [7, 11) is 1.59. The minimum absolute atomic E-state index is 0.206. The second-order valence-electron chi connectivity index (χ2n) is 4.97. The summed E-state index contributed by atoms with van der Waals surface area (Å²) < 4.78 is 33.1. The molecule has 0 aliphatic heterocycles. The van der Waals surface area contributed by atoms with Gasteiger partial charge in [-0.15, -0.1) is 0 Å². The molecular weight excluding hydrogens is 306 g/mol. The summed E-state index contributed by atoms with van der Waals surface area (Å²) in [5, 5.41) is 9.24. The number of urea groups is 1. The number of aromatic nitrogens is 2. The molecule has 1 aromatic heterocycles. The van der Waals surface area contributed by atoms with Gasteiger partial charge in [0.1, 0.15) is 11.6 Å². The Labute approximate surface area is 132 Å². The summed E-state index contributed by atoms with van der Waals surface area (Å²) in [5.74, 6) is -1.36. The number of amides is 2. The fraction of sp³-hybridized carbons (Fsp3) is 0.333. The van der Waals surface area contributed by atoms with Gasteiger partial charge in [0, 0.05) is 24.9 Å². The van der Waals surface area contributed by atoms with Crippen molar-refractivity contribution < 1.29 is 18.3 Å². The number of carbonyl (C=O) groups excluding carboxylic acids is 1. The Kier molecular flexibility index (Phi) is 5.64. The third-order valence-electron chi connectivity index (χ3n) is 3.19. The summed E-state index contributed by atoms with van der Waals surface area (Å²) in [6, 6.07) is 2.12. The summed E-state index contributed by atoms with van der Waals surface area (Å²) in [5.41, 5.74) is 0.711. The number of ether oxygens (including phenoxy) is 1. The lowest BCUT2D eigenvalue weighted by Crippen LogP contribution is -2.31. The molecule has 2 N–H and O–H groups in total. The molecule has 0 spiro atoms. The summed E-state index contributed by atoms with van der Waals surface area (Å²) >= 11 is 0. The van der Waals surface area contributed by atoms with Crippen LogP contribution in [0.1, 0.15) is 18.5 Å². The van der Waals surface area contributed by atoms with E-state index < -0.39 is 23.7 Å². The van der Waals surface area contributed by atoms with Gasteiger partial charge in [-0.2, -0.15) is 5.10 Å². The highest BCUT2D eigenvalue weighted by Gasteiger charge is 2.14. The highest BCUT2D eigenvalue weighted by Crippen LogP contribution is 2.17. The summed E-state index contributed by atoms with van der Waals surface area (Å²) in [6.07, 6.45) is 3.15. The standard InChI is InChI=1S/C15H18F2N4O2/c1-10(13-4-3-11(16)7-14(13)17)19-15(22)20-12-8-18-21(9-12)5-6-23-2/h3-4,7-10H,5-6H2,1-2H3,(H2,19,20,22)/t10-/m0/s1. The van der Waals surface area contributed by atoms with Crippen LogP contribution in [0.4, 0.5) is 19.3 Å². The molecule has 0 saturated carbocycles. The van der Waals surface area contributed by atoms with E-state index in [1.807, 2.05) is 0 Å². The Bertz CT molecular complexity index is 675. The molecule has 0 aliphatic rings. The lowest BCUT2D eigenvalue weighted by atomic mass is 10.1. The van der Waals surface area contributed by atoms with E-state index in [1.54, 1.807) is 24.9 Å². The van der Waals surface area contributed by atoms with Gasteiger partial charge in [-0.05, 0) is 13.0 Å². The SMILES string of the molecule is COCCn1cc(NC(=O)N[C@@H](C)c2ccc(F)cc2F)cn1. The fourth-order valence-corrected chi connectivity index (χ4v) is 2.03. The Hall–Kier alpha value is -2.48. The van der Waals surface area contributed by atoms with Crippen LogP contribution in [-0.2, 0) is 11.3 Å². The molecule has 0 saturated heterocycles. The van der Waals surface area contributed by atoms with Gasteiger partial charge in [-0.3, -0.25) is 4.68 Å².